The van der Waals surface area contributed by atoms with Crippen molar-refractivity contribution in [2.75, 3.05) is 16.8 Å². The third-order valence-electron chi connectivity index (χ3n) is 5.49. The Morgan fingerprint density at radius 2 is 1.79 bits per heavy atom. The average molecular weight is 391 g/mol. The van der Waals surface area contributed by atoms with Crippen molar-refractivity contribution in [1.82, 2.24) is 5.32 Å². The lowest BCUT2D eigenvalue weighted by Gasteiger charge is -2.17. The first kappa shape index (κ1) is 19.2. The minimum Gasteiger partial charge on any atom is -0.349 e. The van der Waals surface area contributed by atoms with Gasteiger partial charge in [-0.05, 0) is 49.1 Å². The molecule has 2 N–H and O–H groups in total. The first-order valence-corrected chi connectivity index (χ1v) is 10.1. The number of para-hydroxylation sites is 1. The number of rotatable bonds is 6. The number of benzene rings is 2. The first-order valence-electron chi connectivity index (χ1n) is 10.1. The van der Waals surface area contributed by atoms with Gasteiger partial charge in [-0.15, -0.1) is 0 Å². The molecule has 150 valence electrons. The van der Waals surface area contributed by atoms with E-state index < -0.39 is 5.92 Å². The van der Waals surface area contributed by atoms with Crippen LogP contribution in [0.2, 0.25) is 0 Å². The predicted molar refractivity (Wildman–Crippen MR) is 112 cm³/mol. The summed E-state index contributed by atoms with van der Waals surface area (Å²) in [6.45, 7) is 2.42. The van der Waals surface area contributed by atoms with Gasteiger partial charge in [-0.3, -0.25) is 14.4 Å². The molecule has 29 heavy (non-hydrogen) atoms. The molecule has 0 radical (unpaired) electrons. The highest BCUT2D eigenvalue weighted by Crippen LogP contribution is 2.27. The number of aryl methyl sites for hydroxylation is 1. The van der Waals surface area contributed by atoms with Crippen LogP contribution in [0.15, 0.2) is 48.5 Å². The molecule has 0 bridgehead atoms. The first-order chi connectivity index (χ1) is 14.0. The number of carbonyl (C=O) groups is 3. The lowest BCUT2D eigenvalue weighted by atomic mass is 10.1. The van der Waals surface area contributed by atoms with Crippen molar-refractivity contribution >= 4 is 29.1 Å². The van der Waals surface area contributed by atoms with Crippen LogP contribution in [0.1, 0.15) is 42.1 Å². The van der Waals surface area contributed by atoms with Gasteiger partial charge in [0.1, 0.15) is 0 Å². The molecule has 0 spiro atoms. The van der Waals surface area contributed by atoms with E-state index in [9.17, 15) is 14.4 Å². The smallest absolute Gasteiger partial charge is 0.253 e. The van der Waals surface area contributed by atoms with E-state index in [-0.39, 0.29) is 30.2 Å². The molecule has 6 heteroatoms. The van der Waals surface area contributed by atoms with Crippen molar-refractivity contribution in [3.63, 3.8) is 0 Å². The van der Waals surface area contributed by atoms with Crippen LogP contribution in [-0.4, -0.2) is 30.3 Å². The lowest BCUT2D eigenvalue weighted by Crippen LogP contribution is -2.30. The highest BCUT2D eigenvalue weighted by molar-refractivity contribution is 6.07. The van der Waals surface area contributed by atoms with Crippen LogP contribution in [0.4, 0.5) is 11.4 Å². The zero-order valence-electron chi connectivity index (χ0n) is 16.5. The molecular weight excluding hydrogens is 366 g/mol. The van der Waals surface area contributed by atoms with Gasteiger partial charge in [0.25, 0.3) is 5.91 Å². The average Bonchev–Trinajstić information content (AvgIpc) is 3.46. The summed E-state index contributed by atoms with van der Waals surface area (Å²) in [6.07, 6.45) is 3.10. The second-order valence-electron chi connectivity index (χ2n) is 7.71. The van der Waals surface area contributed by atoms with Gasteiger partial charge in [0.05, 0.1) is 17.2 Å². The maximum atomic E-state index is 12.8. The largest absolute Gasteiger partial charge is 0.349 e. The van der Waals surface area contributed by atoms with E-state index in [0.29, 0.717) is 17.8 Å². The predicted octanol–water partition coefficient (Wildman–Crippen LogP) is 3.13. The van der Waals surface area contributed by atoms with Crippen LogP contribution < -0.4 is 15.5 Å². The van der Waals surface area contributed by atoms with Crippen molar-refractivity contribution in [1.29, 1.82) is 0 Å². The number of hydrogen-bond donors (Lipinski definition) is 2. The lowest BCUT2D eigenvalue weighted by molar-refractivity contribution is -0.122. The van der Waals surface area contributed by atoms with Gasteiger partial charge in [-0.1, -0.05) is 31.2 Å². The van der Waals surface area contributed by atoms with Crippen molar-refractivity contribution in [3.05, 3.63) is 59.7 Å². The summed E-state index contributed by atoms with van der Waals surface area (Å²) in [5.41, 5.74) is 2.94. The number of hydrogen-bond acceptors (Lipinski definition) is 3. The minimum absolute atomic E-state index is 0.0610. The normalized spacial score (nSPS) is 18.6. The van der Waals surface area contributed by atoms with Gasteiger partial charge in [0.2, 0.25) is 11.8 Å². The quantitative estimate of drug-likeness (QED) is 0.794. The molecular formula is C23H25N3O3. The topological polar surface area (TPSA) is 78.5 Å². The fourth-order valence-electron chi connectivity index (χ4n) is 3.56. The number of anilines is 2. The minimum atomic E-state index is -0.451. The van der Waals surface area contributed by atoms with Crippen molar-refractivity contribution in [2.45, 2.75) is 38.6 Å². The van der Waals surface area contributed by atoms with Crippen LogP contribution in [-0.2, 0) is 16.0 Å². The summed E-state index contributed by atoms with van der Waals surface area (Å²) in [7, 11) is 0. The number of amides is 3. The Labute approximate surface area is 170 Å². The summed E-state index contributed by atoms with van der Waals surface area (Å²) in [5.74, 6) is -0.927. The standard InChI is InChI=1S/C23H25N3O3/c1-2-15-7-11-18(12-8-15)26-14-16(13-21(26)27)22(28)25-20-6-4-3-5-19(20)23(29)24-17-9-10-17/h3-8,11-12,16-17H,2,9-10,13-14H2,1H3,(H,24,29)(H,25,28). The molecule has 3 amide bonds. The molecule has 1 heterocycles. The Bertz CT molecular complexity index is 935. The zero-order chi connectivity index (χ0) is 20.4. The number of nitrogens with zero attached hydrogens (tertiary/aromatic N) is 1. The fourth-order valence-corrected chi connectivity index (χ4v) is 3.56. The fraction of sp³-hybridized carbons (Fsp3) is 0.348. The molecule has 2 aromatic rings. The van der Waals surface area contributed by atoms with E-state index in [0.717, 1.165) is 24.9 Å². The third kappa shape index (κ3) is 4.31. The van der Waals surface area contributed by atoms with Gasteiger partial charge < -0.3 is 15.5 Å². The maximum Gasteiger partial charge on any atom is 0.253 e. The van der Waals surface area contributed by atoms with E-state index in [1.54, 1.807) is 29.2 Å². The second-order valence-corrected chi connectivity index (χ2v) is 7.71. The van der Waals surface area contributed by atoms with E-state index in [1.807, 2.05) is 24.3 Å². The zero-order valence-corrected chi connectivity index (χ0v) is 16.5. The van der Waals surface area contributed by atoms with Crippen LogP contribution in [0, 0.1) is 5.92 Å². The third-order valence-corrected chi connectivity index (χ3v) is 5.49. The highest BCUT2D eigenvalue weighted by atomic mass is 16.2. The molecule has 2 fully saturated rings. The SMILES string of the molecule is CCc1ccc(N2CC(C(=O)Nc3ccccc3C(=O)NC3CC3)CC2=O)cc1. The number of nitrogens with one attached hydrogen (secondary N) is 2. The molecule has 6 nitrogen and oxygen atoms in total. The highest BCUT2D eigenvalue weighted by Gasteiger charge is 2.35. The van der Waals surface area contributed by atoms with Gasteiger partial charge in [0, 0.05) is 24.7 Å². The van der Waals surface area contributed by atoms with Crippen LogP contribution in [0.3, 0.4) is 0 Å². The van der Waals surface area contributed by atoms with Crippen LogP contribution in [0.5, 0.6) is 0 Å². The summed E-state index contributed by atoms with van der Waals surface area (Å²) in [6, 6.07) is 15.1. The van der Waals surface area contributed by atoms with E-state index in [4.69, 9.17) is 0 Å². The molecule has 1 saturated heterocycles. The van der Waals surface area contributed by atoms with Crippen LogP contribution in [0.25, 0.3) is 0 Å². The van der Waals surface area contributed by atoms with Gasteiger partial charge in [-0.2, -0.15) is 0 Å². The number of carbonyl (C=O) groups excluding carboxylic acids is 3. The van der Waals surface area contributed by atoms with Gasteiger partial charge >= 0.3 is 0 Å². The van der Waals surface area contributed by atoms with E-state index in [1.165, 1.54) is 5.56 Å². The Morgan fingerprint density at radius 3 is 2.48 bits per heavy atom. The molecule has 2 aliphatic rings. The van der Waals surface area contributed by atoms with Gasteiger partial charge in [0.15, 0.2) is 0 Å². The van der Waals surface area contributed by atoms with Crippen molar-refractivity contribution in [3.8, 4) is 0 Å². The summed E-state index contributed by atoms with van der Waals surface area (Å²) in [4.78, 5) is 39.4. The summed E-state index contributed by atoms with van der Waals surface area (Å²) < 4.78 is 0. The molecule has 4 rings (SSSR count). The Hall–Kier alpha value is -3.15. The Balaban J connectivity index is 1.44. The monoisotopic (exact) mass is 391 g/mol. The van der Waals surface area contributed by atoms with Crippen molar-refractivity contribution in [2.24, 2.45) is 5.92 Å². The molecule has 1 atom stereocenters. The molecule has 1 saturated carbocycles. The summed E-state index contributed by atoms with van der Waals surface area (Å²) >= 11 is 0. The van der Waals surface area contributed by atoms with Crippen molar-refractivity contribution < 1.29 is 14.4 Å². The Kier molecular flexibility index (Phi) is 5.34. The molecule has 1 unspecified atom stereocenters. The van der Waals surface area contributed by atoms with Gasteiger partial charge in [-0.25, -0.2) is 0 Å². The maximum absolute atomic E-state index is 12.8. The molecule has 1 aliphatic heterocycles. The van der Waals surface area contributed by atoms with E-state index in [2.05, 4.69) is 17.6 Å². The molecule has 0 aromatic heterocycles. The van der Waals surface area contributed by atoms with E-state index >= 15 is 0 Å². The van der Waals surface area contributed by atoms with Crippen LogP contribution >= 0.6 is 0 Å². The second kappa shape index (κ2) is 8.07. The summed E-state index contributed by atoms with van der Waals surface area (Å²) in [5, 5.41) is 5.80. The molecule has 2 aromatic carbocycles. The Morgan fingerprint density at radius 1 is 1.07 bits per heavy atom. The molecule has 1 aliphatic carbocycles.